The molecule has 5 nitrogen and oxygen atoms in total. The van der Waals surface area contributed by atoms with Crippen molar-refractivity contribution in [2.24, 2.45) is 0 Å². The molecule has 0 spiro atoms. The van der Waals surface area contributed by atoms with E-state index in [-0.39, 0.29) is 11.6 Å². The van der Waals surface area contributed by atoms with Crippen LogP contribution in [0.25, 0.3) is 0 Å². The Hall–Kier alpha value is -2.43. The summed E-state index contributed by atoms with van der Waals surface area (Å²) < 4.78 is 5.35. The second-order valence-corrected chi connectivity index (χ2v) is 3.02. The number of hydrogen-bond donors (Lipinski definition) is 0. The van der Waals surface area contributed by atoms with Crippen molar-refractivity contribution < 1.29 is 9.66 Å². The minimum Gasteiger partial charge on any atom is -0.439 e. The van der Waals surface area contributed by atoms with Gasteiger partial charge in [-0.15, -0.1) is 0 Å². The largest absolute Gasteiger partial charge is 0.439 e. The quantitative estimate of drug-likeness (QED) is 0.584. The molecule has 0 aliphatic carbocycles. The Morgan fingerprint density at radius 3 is 2.62 bits per heavy atom. The molecule has 0 radical (unpaired) electrons. The third kappa shape index (κ3) is 2.33. The summed E-state index contributed by atoms with van der Waals surface area (Å²) in [6.07, 6.45) is 1.34. The third-order valence-electron chi connectivity index (χ3n) is 1.89. The van der Waals surface area contributed by atoms with Crippen LogP contribution >= 0.6 is 0 Å². The van der Waals surface area contributed by atoms with Crippen LogP contribution in [-0.2, 0) is 0 Å². The van der Waals surface area contributed by atoms with Crippen LogP contribution in [0.5, 0.6) is 11.6 Å². The monoisotopic (exact) mass is 216 g/mol. The Balaban J connectivity index is 2.22. The van der Waals surface area contributed by atoms with E-state index in [4.69, 9.17) is 4.74 Å². The summed E-state index contributed by atoms with van der Waals surface area (Å²) in [5, 5.41) is 10.5. The maximum absolute atomic E-state index is 10.5. The van der Waals surface area contributed by atoms with E-state index < -0.39 is 4.92 Å². The van der Waals surface area contributed by atoms with Gasteiger partial charge < -0.3 is 4.74 Å². The molecule has 0 saturated carbocycles. The maximum Gasteiger partial charge on any atom is 0.276 e. The van der Waals surface area contributed by atoms with Gasteiger partial charge in [0.25, 0.3) is 5.69 Å². The predicted octanol–water partition coefficient (Wildman–Crippen LogP) is 2.78. The zero-order valence-electron chi connectivity index (χ0n) is 8.24. The number of hydrogen-bond acceptors (Lipinski definition) is 4. The molecule has 2 rings (SSSR count). The van der Waals surface area contributed by atoms with Gasteiger partial charge in [0.15, 0.2) is 0 Å². The van der Waals surface area contributed by atoms with Gasteiger partial charge in [0, 0.05) is 12.3 Å². The minimum absolute atomic E-state index is 0.0408. The Kier molecular flexibility index (Phi) is 2.77. The molecule has 0 saturated heterocycles. The Bertz CT molecular complexity index is 500. The number of rotatable bonds is 3. The van der Waals surface area contributed by atoms with Crippen molar-refractivity contribution in [3.8, 4) is 11.6 Å². The normalized spacial score (nSPS) is 9.75. The molecule has 0 bridgehead atoms. The van der Waals surface area contributed by atoms with Gasteiger partial charge in [-0.2, -0.15) is 0 Å². The molecule has 0 N–H and O–H groups in total. The van der Waals surface area contributed by atoms with E-state index >= 15 is 0 Å². The molecule has 0 aliphatic heterocycles. The fourth-order valence-electron chi connectivity index (χ4n) is 1.18. The fraction of sp³-hybridized carbons (Fsp3) is 0. The molecule has 1 aromatic carbocycles. The van der Waals surface area contributed by atoms with Gasteiger partial charge in [-0.25, -0.2) is 4.98 Å². The molecule has 1 heterocycles. The molecule has 0 fully saturated rings. The fourth-order valence-corrected chi connectivity index (χ4v) is 1.18. The lowest BCUT2D eigenvalue weighted by Gasteiger charge is -2.03. The van der Waals surface area contributed by atoms with Crippen LogP contribution in [0.2, 0.25) is 0 Å². The molecule has 0 unspecified atom stereocenters. The van der Waals surface area contributed by atoms with Crippen molar-refractivity contribution in [2.45, 2.75) is 0 Å². The molecule has 5 heteroatoms. The van der Waals surface area contributed by atoms with E-state index in [1.165, 1.54) is 18.3 Å². The van der Waals surface area contributed by atoms with Crippen molar-refractivity contribution in [3.63, 3.8) is 0 Å². The summed E-state index contributed by atoms with van der Waals surface area (Å²) >= 11 is 0. The van der Waals surface area contributed by atoms with E-state index in [1.54, 1.807) is 12.1 Å². The van der Waals surface area contributed by atoms with Crippen LogP contribution in [0.4, 0.5) is 5.69 Å². The van der Waals surface area contributed by atoms with E-state index in [2.05, 4.69) is 4.98 Å². The lowest BCUT2D eigenvalue weighted by atomic mass is 10.3. The lowest BCUT2D eigenvalue weighted by molar-refractivity contribution is -0.385. The SMILES string of the molecule is O=[N+]([O-])c1ccnc(Oc2ccccc2)c1. The number of pyridine rings is 1. The lowest BCUT2D eigenvalue weighted by Crippen LogP contribution is -1.91. The van der Waals surface area contributed by atoms with Crippen molar-refractivity contribution in [2.75, 3.05) is 0 Å². The van der Waals surface area contributed by atoms with E-state index in [0.29, 0.717) is 5.75 Å². The van der Waals surface area contributed by atoms with Gasteiger partial charge in [0.05, 0.1) is 11.0 Å². The van der Waals surface area contributed by atoms with Gasteiger partial charge in [-0.05, 0) is 12.1 Å². The highest BCUT2D eigenvalue weighted by molar-refractivity contribution is 5.35. The number of nitrogens with zero attached hydrogens (tertiary/aromatic N) is 2. The van der Waals surface area contributed by atoms with Gasteiger partial charge in [0.1, 0.15) is 5.75 Å². The molecule has 2 aromatic rings. The van der Waals surface area contributed by atoms with Crippen LogP contribution in [0.15, 0.2) is 48.7 Å². The van der Waals surface area contributed by atoms with E-state index in [1.807, 2.05) is 18.2 Å². The van der Waals surface area contributed by atoms with Crippen LogP contribution in [0.1, 0.15) is 0 Å². The molecule has 0 amide bonds. The van der Waals surface area contributed by atoms with Gasteiger partial charge in [0.2, 0.25) is 5.88 Å². The van der Waals surface area contributed by atoms with E-state index in [9.17, 15) is 10.1 Å². The smallest absolute Gasteiger partial charge is 0.276 e. The summed E-state index contributed by atoms with van der Waals surface area (Å²) in [7, 11) is 0. The Labute approximate surface area is 91.5 Å². The maximum atomic E-state index is 10.5. The Morgan fingerprint density at radius 1 is 1.19 bits per heavy atom. The molecule has 16 heavy (non-hydrogen) atoms. The topological polar surface area (TPSA) is 65.3 Å². The number of ether oxygens (including phenoxy) is 1. The molecular weight excluding hydrogens is 208 g/mol. The van der Waals surface area contributed by atoms with E-state index in [0.717, 1.165) is 0 Å². The highest BCUT2D eigenvalue weighted by Gasteiger charge is 2.07. The number of aromatic nitrogens is 1. The average molecular weight is 216 g/mol. The van der Waals surface area contributed by atoms with Gasteiger partial charge in [-0.1, -0.05) is 18.2 Å². The summed E-state index contributed by atoms with van der Waals surface area (Å²) in [6.45, 7) is 0. The van der Waals surface area contributed by atoms with Crippen molar-refractivity contribution in [1.29, 1.82) is 0 Å². The van der Waals surface area contributed by atoms with Crippen LogP contribution < -0.4 is 4.74 Å². The van der Waals surface area contributed by atoms with Crippen LogP contribution in [0, 0.1) is 10.1 Å². The molecular formula is C11H8N2O3. The summed E-state index contributed by atoms with van der Waals surface area (Å²) in [5.41, 5.74) is -0.0408. The highest BCUT2D eigenvalue weighted by Crippen LogP contribution is 2.21. The van der Waals surface area contributed by atoms with Crippen molar-refractivity contribution in [1.82, 2.24) is 4.98 Å². The molecule has 80 valence electrons. The second kappa shape index (κ2) is 4.39. The first-order valence-electron chi connectivity index (χ1n) is 4.59. The number of benzene rings is 1. The predicted molar refractivity (Wildman–Crippen MR) is 57.4 cm³/mol. The van der Waals surface area contributed by atoms with Gasteiger partial charge in [-0.3, -0.25) is 10.1 Å². The summed E-state index contributed by atoms with van der Waals surface area (Å²) in [6, 6.07) is 11.6. The zero-order chi connectivity index (χ0) is 11.4. The van der Waals surface area contributed by atoms with Gasteiger partial charge >= 0.3 is 0 Å². The molecule has 0 aliphatic rings. The second-order valence-electron chi connectivity index (χ2n) is 3.02. The first kappa shape index (κ1) is 10.1. The van der Waals surface area contributed by atoms with Crippen LogP contribution in [0.3, 0.4) is 0 Å². The Morgan fingerprint density at radius 2 is 1.94 bits per heavy atom. The highest BCUT2D eigenvalue weighted by atomic mass is 16.6. The van der Waals surface area contributed by atoms with Crippen molar-refractivity contribution >= 4 is 5.69 Å². The van der Waals surface area contributed by atoms with Crippen molar-refractivity contribution in [3.05, 3.63) is 58.8 Å². The first-order valence-corrected chi connectivity index (χ1v) is 4.59. The number of nitro groups is 1. The molecule has 1 aromatic heterocycles. The standard InChI is InChI=1S/C11H8N2O3/c14-13(15)9-6-7-12-11(8-9)16-10-4-2-1-3-5-10/h1-8H. The third-order valence-corrected chi connectivity index (χ3v) is 1.89. The zero-order valence-corrected chi connectivity index (χ0v) is 8.24. The molecule has 0 atom stereocenters. The average Bonchev–Trinajstić information content (AvgIpc) is 2.30. The summed E-state index contributed by atoms with van der Waals surface area (Å²) in [5.74, 6) is 0.802. The number of para-hydroxylation sites is 1. The minimum atomic E-state index is -0.487. The van der Waals surface area contributed by atoms with Crippen LogP contribution in [-0.4, -0.2) is 9.91 Å². The first-order chi connectivity index (χ1) is 7.75. The summed E-state index contributed by atoms with van der Waals surface area (Å²) in [4.78, 5) is 13.9.